The molecule has 0 saturated carbocycles. The molecule has 27 heavy (non-hydrogen) atoms. The minimum atomic E-state index is -4.90. The Morgan fingerprint density at radius 3 is 2.63 bits per heavy atom. The molecular weight excluding hydrogens is 379 g/mol. The van der Waals surface area contributed by atoms with Crippen molar-refractivity contribution < 1.29 is 36.5 Å². The van der Waals surface area contributed by atoms with E-state index in [0.717, 1.165) is 0 Å². The van der Waals surface area contributed by atoms with Gasteiger partial charge in [-0.25, -0.2) is 4.98 Å². The maximum Gasteiger partial charge on any atom is 0.424 e. The Labute approximate surface area is 150 Å². The van der Waals surface area contributed by atoms with Gasteiger partial charge in [0.05, 0.1) is 36.8 Å². The highest BCUT2D eigenvalue weighted by molar-refractivity contribution is 5.58. The van der Waals surface area contributed by atoms with E-state index in [1.54, 1.807) is 6.92 Å². The van der Waals surface area contributed by atoms with Gasteiger partial charge in [-0.1, -0.05) is 0 Å². The van der Waals surface area contributed by atoms with E-state index in [0.29, 0.717) is 18.3 Å². The van der Waals surface area contributed by atoms with Gasteiger partial charge < -0.3 is 19.1 Å². The molecule has 1 aliphatic heterocycles. The fourth-order valence-electron chi connectivity index (χ4n) is 2.91. The molecule has 2 aromatic rings. The first-order valence-corrected chi connectivity index (χ1v) is 8.00. The topological polar surface area (TPSA) is 74.3 Å². The summed E-state index contributed by atoms with van der Waals surface area (Å²) < 4.78 is 75.7. The lowest BCUT2D eigenvalue weighted by atomic mass is 10.0. The van der Waals surface area contributed by atoms with Crippen molar-refractivity contribution in [3.05, 3.63) is 18.1 Å². The molecule has 1 unspecified atom stereocenters. The number of rotatable bonds is 6. The number of hydrogen-bond acceptors (Lipinski definition) is 5. The monoisotopic (exact) mass is 396 g/mol. The highest BCUT2D eigenvalue weighted by atomic mass is 19.4. The van der Waals surface area contributed by atoms with E-state index < -0.39 is 30.3 Å². The third kappa shape index (κ3) is 3.50. The summed E-state index contributed by atoms with van der Waals surface area (Å²) in [6.07, 6.45) is -3.67. The minimum absolute atomic E-state index is 0.119. The first-order chi connectivity index (χ1) is 12.5. The highest BCUT2D eigenvalue weighted by Gasteiger charge is 2.55. The summed E-state index contributed by atoms with van der Waals surface area (Å²) >= 11 is 0. The molecule has 0 aromatic carbocycles. The number of ether oxygens (including phenoxy) is 2. The second-order valence-corrected chi connectivity index (χ2v) is 6.29. The molecular formula is C15H17F5N4O3. The molecule has 0 saturated heterocycles. The second-order valence-electron chi connectivity index (χ2n) is 6.29. The normalized spacial score (nSPS) is 18.9. The lowest BCUT2D eigenvalue weighted by molar-refractivity contribution is -0.262. The lowest BCUT2D eigenvalue weighted by Gasteiger charge is -2.31. The standard InChI is InChI=1S/C15H17F5N4O3/c1-8-7-23-9(5-11(22-23)26-3-4-27-13(16)17)10-6-21-12(24(8)10)14(2,25)15(18,19)20/h5-6,8,13,25H,3-4,7H2,1-2H3/t8-,14?/m0/s1. The molecule has 0 spiro atoms. The fraction of sp³-hybridized carbons (Fsp3) is 0.600. The third-order valence-corrected chi connectivity index (χ3v) is 4.26. The zero-order valence-electron chi connectivity index (χ0n) is 14.4. The van der Waals surface area contributed by atoms with Crippen LogP contribution in [0.2, 0.25) is 0 Å². The smallest absolute Gasteiger partial charge is 0.424 e. The molecule has 0 fully saturated rings. The van der Waals surface area contributed by atoms with Gasteiger partial charge in [0.15, 0.2) is 5.82 Å². The number of fused-ring (bicyclic) bond motifs is 3. The Kier molecular flexibility index (Phi) is 4.89. The molecule has 150 valence electrons. The average Bonchev–Trinajstić information content (AvgIpc) is 3.14. The molecule has 1 N–H and O–H groups in total. The van der Waals surface area contributed by atoms with E-state index in [-0.39, 0.29) is 25.6 Å². The summed E-state index contributed by atoms with van der Waals surface area (Å²) in [5.74, 6) is -0.397. The predicted molar refractivity (Wildman–Crippen MR) is 81.2 cm³/mol. The van der Waals surface area contributed by atoms with Gasteiger partial charge in [-0.2, -0.15) is 22.0 Å². The molecule has 3 rings (SSSR count). The molecule has 3 heterocycles. The Hall–Kier alpha value is -2.21. The summed E-state index contributed by atoms with van der Waals surface area (Å²) in [7, 11) is 0. The number of aliphatic hydroxyl groups is 1. The summed E-state index contributed by atoms with van der Waals surface area (Å²) in [5, 5.41) is 14.2. The van der Waals surface area contributed by atoms with Crippen LogP contribution in [0.3, 0.4) is 0 Å². The van der Waals surface area contributed by atoms with Crippen molar-refractivity contribution in [2.24, 2.45) is 0 Å². The summed E-state index contributed by atoms with van der Waals surface area (Å²) in [6.45, 7) is -0.868. The van der Waals surface area contributed by atoms with Gasteiger partial charge in [0.1, 0.15) is 6.61 Å². The fourth-order valence-corrected chi connectivity index (χ4v) is 2.91. The first-order valence-electron chi connectivity index (χ1n) is 8.00. The molecule has 0 amide bonds. The van der Waals surface area contributed by atoms with Crippen LogP contribution in [0.25, 0.3) is 11.4 Å². The minimum Gasteiger partial charge on any atom is -0.474 e. The molecule has 7 nitrogen and oxygen atoms in total. The van der Waals surface area contributed by atoms with Gasteiger partial charge in [0.2, 0.25) is 11.5 Å². The Balaban J connectivity index is 1.88. The Morgan fingerprint density at radius 2 is 2.00 bits per heavy atom. The van der Waals surface area contributed by atoms with Crippen molar-refractivity contribution in [3.63, 3.8) is 0 Å². The predicted octanol–water partition coefficient (Wildman–Crippen LogP) is 2.71. The zero-order chi connectivity index (χ0) is 20.0. The zero-order valence-corrected chi connectivity index (χ0v) is 14.4. The van der Waals surface area contributed by atoms with Crippen LogP contribution < -0.4 is 4.74 Å². The number of hydrogen-bond donors (Lipinski definition) is 1. The number of halogens is 5. The number of alkyl halides is 5. The summed E-state index contributed by atoms with van der Waals surface area (Å²) in [5.41, 5.74) is -2.35. The number of aromatic nitrogens is 4. The molecule has 0 bridgehead atoms. The molecule has 1 aliphatic rings. The van der Waals surface area contributed by atoms with Crippen molar-refractivity contribution in [3.8, 4) is 17.3 Å². The first kappa shape index (κ1) is 19.5. The van der Waals surface area contributed by atoms with Gasteiger partial charge in [0.25, 0.3) is 0 Å². The van der Waals surface area contributed by atoms with Crippen LogP contribution in [0, 0.1) is 0 Å². The van der Waals surface area contributed by atoms with Crippen LogP contribution >= 0.6 is 0 Å². The van der Waals surface area contributed by atoms with Crippen molar-refractivity contribution in [1.29, 1.82) is 0 Å². The molecule has 2 aromatic heterocycles. The Morgan fingerprint density at radius 1 is 1.30 bits per heavy atom. The number of imidazole rings is 1. The Bertz CT molecular complexity index is 815. The van der Waals surface area contributed by atoms with Crippen LogP contribution in [-0.2, 0) is 16.9 Å². The summed E-state index contributed by atoms with van der Waals surface area (Å²) in [6, 6.07) is 1.00. The van der Waals surface area contributed by atoms with Gasteiger partial charge in [-0.15, -0.1) is 5.10 Å². The van der Waals surface area contributed by atoms with Gasteiger partial charge in [-0.05, 0) is 13.8 Å². The van der Waals surface area contributed by atoms with Crippen molar-refractivity contribution in [2.45, 2.75) is 44.8 Å². The highest BCUT2D eigenvalue weighted by Crippen LogP contribution is 2.42. The van der Waals surface area contributed by atoms with Gasteiger partial charge in [0, 0.05) is 6.07 Å². The maximum absolute atomic E-state index is 13.2. The quantitative estimate of drug-likeness (QED) is 0.600. The van der Waals surface area contributed by atoms with Crippen LogP contribution in [0.5, 0.6) is 5.88 Å². The second kappa shape index (κ2) is 6.75. The van der Waals surface area contributed by atoms with E-state index >= 15 is 0 Å². The van der Waals surface area contributed by atoms with Crippen molar-refractivity contribution in [1.82, 2.24) is 19.3 Å². The lowest BCUT2D eigenvalue weighted by Crippen LogP contribution is -2.42. The van der Waals surface area contributed by atoms with Crippen LogP contribution in [0.15, 0.2) is 12.3 Å². The van der Waals surface area contributed by atoms with E-state index in [4.69, 9.17) is 4.74 Å². The van der Waals surface area contributed by atoms with Crippen LogP contribution in [-0.4, -0.2) is 50.4 Å². The summed E-state index contributed by atoms with van der Waals surface area (Å²) in [4.78, 5) is 3.80. The van der Waals surface area contributed by atoms with E-state index in [2.05, 4.69) is 14.8 Å². The molecule has 2 atom stereocenters. The average molecular weight is 396 g/mol. The maximum atomic E-state index is 13.2. The van der Waals surface area contributed by atoms with Crippen molar-refractivity contribution >= 4 is 0 Å². The van der Waals surface area contributed by atoms with Gasteiger partial charge >= 0.3 is 12.8 Å². The van der Waals surface area contributed by atoms with E-state index in [1.807, 2.05) is 0 Å². The number of nitrogens with zero attached hydrogens (tertiary/aromatic N) is 4. The van der Waals surface area contributed by atoms with Crippen LogP contribution in [0.1, 0.15) is 25.7 Å². The SMILES string of the molecule is C[C@H]1Cn2nc(OCCOC(F)F)cc2-c2cnc(C(C)(O)C(F)(F)F)n21. The molecule has 12 heteroatoms. The molecule has 0 aliphatic carbocycles. The largest absolute Gasteiger partial charge is 0.474 e. The molecule has 0 radical (unpaired) electrons. The van der Waals surface area contributed by atoms with E-state index in [9.17, 15) is 27.1 Å². The van der Waals surface area contributed by atoms with E-state index in [1.165, 1.54) is 21.5 Å². The van der Waals surface area contributed by atoms with Gasteiger partial charge in [-0.3, -0.25) is 4.68 Å². The van der Waals surface area contributed by atoms with Crippen molar-refractivity contribution in [2.75, 3.05) is 13.2 Å². The van der Waals surface area contributed by atoms with Crippen LogP contribution in [0.4, 0.5) is 22.0 Å². The third-order valence-electron chi connectivity index (χ3n) is 4.26.